The molecule has 2 bridgehead atoms. The quantitative estimate of drug-likeness (QED) is 0.318. The number of nitrogens with zero attached hydrogens (tertiary/aromatic N) is 3. The number of fused-ring (bicyclic) bond motifs is 1. The molecular formula is C37H47N3O6. The zero-order valence-electron chi connectivity index (χ0n) is 27.6. The summed E-state index contributed by atoms with van der Waals surface area (Å²) in [4.78, 5) is 49.4. The maximum absolute atomic E-state index is 15.0. The van der Waals surface area contributed by atoms with Crippen LogP contribution in [0.4, 0.5) is 11.4 Å². The van der Waals surface area contributed by atoms with Crippen LogP contribution in [0.2, 0.25) is 0 Å². The summed E-state index contributed by atoms with van der Waals surface area (Å²) >= 11 is 0. The Bertz CT molecular complexity index is 1460. The number of likely N-dealkylation sites (tertiary alicyclic amines) is 1. The minimum Gasteiger partial charge on any atom is -0.497 e. The molecule has 2 aromatic carbocycles. The van der Waals surface area contributed by atoms with Gasteiger partial charge in [-0.1, -0.05) is 51.1 Å². The van der Waals surface area contributed by atoms with Crippen LogP contribution in [0.5, 0.6) is 5.75 Å². The molecule has 7 atom stereocenters. The number of ether oxygens (including phenoxy) is 2. The van der Waals surface area contributed by atoms with Crippen molar-refractivity contribution < 1.29 is 29.0 Å². The number of methoxy groups -OCH3 is 1. The highest BCUT2D eigenvalue weighted by atomic mass is 16.5. The first-order valence-electron chi connectivity index (χ1n) is 16.2. The van der Waals surface area contributed by atoms with Crippen LogP contribution >= 0.6 is 0 Å². The largest absolute Gasteiger partial charge is 0.497 e. The van der Waals surface area contributed by atoms with Gasteiger partial charge in [-0.25, -0.2) is 0 Å². The smallest absolute Gasteiger partial charge is 0.253 e. The Morgan fingerprint density at radius 2 is 1.63 bits per heavy atom. The predicted octanol–water partition coefficient (Wildman–Crippen LogP) is 4.85. The van der Waals surface area contributed by atoms with Crippen molar-refractivity contribution in [1.29, 1.82) is 0 Å². The number of aliphatic hydroxyl groups excluding tert-OH is 1. The fraction of sp³-hybridized carbons (Fsp3) is 0.486. The van der Waals surface area contributed by atoms with Crippen molar-refractivity contribution >= 4 is 29.1 Å². The Morgan fingerprint density at radius 3 is 2.17 bits per heavy atom. The predicted molar refractivity (Wildman–Crippen MR) is 178 cm³/mol. The fourth-order valence-corrected chi connectivity index (χ4v) is 8.13. The molecule has 1 N–H and O–H groups in total. The molecule has 5 rings (SSSR count). The normalized spacial score (nSPS) is 28.6. The van der Waals surface area contributed by atoms with Crippen molar-refractivity contribution in [2.75, 3.05) is 36.6 Å². The zero-order valence-corrected chi connectivity index (χ0v) is 27.6. The minimum absolute atomic E-state index is 0.131. The van der Waals surface area contributed by atoms with Gasteiger partial charge in [-0.15, -0.1) is 13.2 Å². The van der Waals surface area contributed by atoms with Crippen molar-refractivity contribution in [2.45, 2.75) is 63.8 Å². The molecule has 246 valence electrons. The molecule has 46 heavy (non-hydrogen) atoms. The SMILES string of the molecule is C=CCN(C(=O)C1N([C@@H](CO)CC(C)C)C(=O)[C@@H]2[C@@H](C(=O)N(CC=C)c3ccccc3)[C@]3(C)OC12CC3C)c1ccc(OC)cc1. The van der Waals surface area contributed by atoms with Crippen LogP contribution in [0.3, 0.4) is 0 Å². The molecule has 3 amide bonds. The van der Waals surface area contributed by atoms with E-state index in [4.69, 9.17) is 9.47 Å². The van der Waals surface area contributed by atoms with Gasteiger partial charge in [0.25, 0.3) is 5.91 Å². The summed E-state index contributed by atoms with van der Waals surface area (Å²) in [6, 6.07) is 14.8. The molecule has 3 aliphatic rings. The van der Waals surface area contributed by atoms with Crippen LogP contribution in [-0.2, 0) is 19.1 Å². The molecule has 3 heterocycles. The highest BCUT2D eigenvalue weighted by Crippen LogP contribution is 2.66. The molecule has 1 spiro atoms. The number of anilines is 2. The number of hydrogen-bond donors (Lipinski definition) is 1. The lowest BCUT2D eigenvalue weighted by Crippen LogP contribution is -2.59. The molecule has 0 aromatic heterocycles. The lowest BCUT2D eigenvalue weighted by molar-refractivity contribution is -0.149. The number of carbonyl (C=O) groups is 3. The van der Waals surface area contributed by atoms with Gasteiger partial charge in [0.05, 0.1) is 37.2 Å². The molecule has 3 unspecified atom stereocenters. The molecule has 9 heteroatoms. The second-order valence-electron chi connectivity index (χ2n) is 13.4. The van der Waals surface area contributed by atoms with Crippen LogP contribution in [0.1, 0.15) is 40.5 Å². The Hall–Kier alpha value is -3.95. The summed E-state index contributed by atoms with van der Waals surface area (Å²) in [7, 11) is 1.58. The van der Waals surface area contributed by atoms with Gasteiger partial charge in [-0.05, 0) is 68.0 Å². The Balaban J connectivity index is 1.66. The Kier molecular flexibility index (Phi) is 9.47. The highest BCUT2D eigenvalue weighted by molar-refractivity contribution is 6.07. The van der Waals surface area contributed by atoms with Crippen molar-refractivity contribution in [1.82, 2.24) is 4.90 Å². The first-order chi connectivity index (χ1) is 22.0. The fourth-order valence-electron chi connectivity index (χ4n) is 8.13. The van der Waals surface area contributed by atoms with E-state index < -0.39 is 35.1 Å². The van der Waals surface area contributed by atoms with Crippen LogP contribution in [-0.4, -0.2) is 77.8 Å². The summed E-state index contributed by atoms with van der Waals surface area (Å²) in [5.74, 6) is -2.01. The average molecular weight is 630 g/mol. The molecule has 3 fully saturated rings. The summed E-state index contributed by atoms with van der Waals surface area (Å²) in [6.45, 7) is 15.9. The van der Waals surface area contributed by atoms with E-state index in [2.05, 4.69) is 13.2 Å². The lowest BCUT2D eigenvalue weighted by atomic mass is 9.62. The topological polar surface area (TPSA) is 99.6 Å². The van der Waals surface area contributed by atoms with Crippen molar-refractivity contribution in [3.63, 3.8) is 0 Å². The van der Waals surface area contributed by atoms with Crippen molar-refractivity contribution in [3.05, 3.63) is 79.9 Å². The third kappa shape index (κ3) is 5.33. The Morgan fingerprint density at radius 1 is 1.04 bits per heavy atom. The van der Waals surface area contributed by atoms with E-state index in [1.807, 2.05) is 58.0 Å². The zero-order chi connectivity index (χ0) is 33.4. The minimum atomic E-state index is -1.27. The number of para-hydroxylation sites is 1. The molecule has 3 aliphatic heterocycles. The maximum atomic E-state index is 15.0. The number of rotatable bonds is 13. The van der Waals surface area contributed by atoms with Crippen molar-refractivity contribution in [2.24, 2.45) is 23.7 Å². The van der Waals surface area contributed by atoms with E-state index in [9.17, 15) is 14.7 Å². The van der Waals surface area contributed by atoms with Crippen LogP contribution in [0.15, 0.2) is 79.9 Å². The number of benzene rings is 2. The van der Waals surface area contributed by atoms with Gasteiger partial charge in [-0.3, -0.25) is 14.4 Å². The number of carbonyl (C=O) groups excluding carboxylic acids is 3. The highest BCUT2D eigenvalue weighted by Gasteiger charge is 2.80. The van der Waals surface area contributed by atoms with E-state index in [1.165, 1.54) is 0 Å². The van der Waals surface area contributed by atoms with Gasteiger partial charge in [0.15, 0.2) is 0 Å². The molecular weight excluding hydrogens is 582 g/mol. The van der Waals surface area contributed by atoms with E-state index >= 15 is 4.79 Å². The van der Waals surface area contributed by atoms with Gasteiger partial charge in [-0.2, -0.15) is 0 Å². The number of aliphatic hydroxyl groups is 1. The first-order valence-corrected chi connectivity index (χ1v) is 16.2. The molecule has 0 radical (unpaired) electrons. The number of amides is 3. The van der Waals surface area contributed by atoms with Crippen molar-refractivity contribution in [3.8, 4) is 5.75 Å². The first kappa shape index (κ1) is 33.4. The molecule has 0 aliphatic carbocycles. The van der Waals surface area contributed by atoms with Gasteiger partial charge in [0.1, 0.15) is 17.4 Å². The average Bonchev–Trinajstić information content (AvgIpc) is 3.57. The van der Waals surface area contributed by atoms with E-state index in [1.54, 1.807) is 58.2 Å². The molecule has 9 nitrogen and oxygen atoms in total. The van der Waals surface area contributed by atoms with Crippen LogP contribution in [0, 0.1) is 23.7 Å². The monoisotopic (exact) mass is 629 g/mol. The third-order valence-corrected chi connectivity index (χ3v) is 10.2. The van der Waals surface area contributed by atoms with Crippen LogP contribution in [0.25, 0.3) is 0 Å². The number of hydrogen-bond acceptors (Lipinski definition) is 6. The van der Waals surface area contributed by atoms with Crippen LogP contribution < -0.4 is 14.5 Å². The lowest BCUT2D eigenvalue weighted by Gasteiger charge is -2.40. The Labute approximate surface area is 272 Å². The molecule has 3 saturated heterocycles. The van der Waals surface area contributed by atoms with E-state index in [-0.39, 0.29) is 49.3 Å². The maximum Gasteiger partial charge on any atom is 0.253 e. The van der Waals surface area contributed by atoms with Gasteiger partial charge < -0.3 is 29.3 Å². The molecule has 2 aromatic rings. The molecule has 0 saturated carbocycles. The van der Waals surface area contributed by atoms with E-state index in [0.717, 1.165) is 0 Å². The third-order valence-electron chi connectivity index (χ3n) is 10.2. The summed E-state index contributed by atoms with van der Waals surface area (Å²) in [5, 5.41) is 10.7. The summed E-state index contributed by atoms with van der Waals surface area (Å²) in [5.41, 5.74) is -0.954. The second kappa shape index (κ2) is 13.0. The van der Waals surface area contributed by atoms with Gasteiger partial charge >= 0.3 is 0 Å². The van der Waals surface area contributed by atoms with E-state index in [0.29, 0.717) is 30.0 Å². The standard InChI is InChI=1S/C37H47N3O6/c1-8-19-38(26-13-11-10-12-14-26)33(42)30-31-34(43)40(28(23-41)21-24(3)4)32(37(31)22-25(5)36(30,6)46-37)35(44)39(20-9-2)27-15-17-29(45-7)18-16-27/h8-18,24-25,28,30-32,41H,1-2,19-23H2,3-7H3/t25?,28-,30+,31+,32?,36-,37?/m1/s1. The van der Waals surface area contributed by atoms with Gasteiger partial charge in [0, 0.05) is 24.5 Å². The summed E-state index contributed by atoms with van der Waals surface area (Å²) in [6.07, 6.45) is 4.22. The second-order valence-corrected chi connectivity index (χ2v) is 13.4. The summed E-state index contributed by atoms with van der Waals surface area (Å²) < 4.78 is 12.3. The van der Waals surface area contributed by atoms with Gasteiger partial charge in [0.2, 0.25) is 11.8 Å².